The maximum atomic E-state index is 11.9. The number of carbonyl (C=O) groups excluding carboxylic acids is 1. The number of methoxy groups -OCH3 is 2. The Morgan fingerprint density at radius 2 is 2.05 bits per heavy atom. The van der Waals surface area contributed by atoms with Crippen LogP contribution in [0.4, 0.5) is 5.69 Å². The van der Waals surface area contributed by atoms with Gasteiger partial charge in [-0.2, -0.15) is 0 Å². The zero-order valence-corrected chi connectivity index (χ0v) is 12.6. The minimum atomic E-state index is -0.153. The molecule has 0 saturated carbocycles. The Morgan fingerprint density at radius 1 is 1.18 bits per heavy atom. The molecular weight excluding hydrogens is 282 g/mol. The van der Waals surface area contributed by atoms with E-state index in [2.05, 4.69) is 15.6 Å². The van der Waals surface area contributed by atoms with Gasteiger partial charge >= 0.3 is 0 Å². The number of pyridine rings is 1. The number of carbonyl (C=O) groups is 1. The number of nitrogens with one attached hydrogen (secondary N) is 2. The molecule has 0 aliphatic carbocycles. The first kappa shape index (κ1) is 15.8. The molecule has 6 nitrogen and oxygen atoms in total. The lowest BCUT2D eigenvalue weighted by atomic mass is 10.2. The van der Waals surface area contributed by atoms with Gasteiger partial charge in [0, 0.05) is 18.8 Å². The Bertz CT molecular complexity index is 617. The number of ether oxygens (including phenoxy) is 2. The SMILES string of the molecule is COc1ccc(NC(=O)CNCc2ccccn2)c(OC)c1. The van der Waals surface area contributed by atoms with Crippen molar-refractivity contribution in [1.29, 1.82) is 0 Å². The number of benzene rings is 1. The van der Waals surface area contributed by atoms with Crippen LogP contribution in [0.3, 0.4) is 0 Å². The van der Waals surface area contributed by atoms with Gasteiger partial charge in [-0.05, 0) is 24.3 Å². The van der Waals surface area contributed by atoms with E-state index in [1.165, 1.54) is 0 Å². The van der Waals surface area contributed by atoms with Crippen LogP contribution in [-0.4, -0.2) is 31.7 Å². The lowest BCUT2D eigenvalue weighted by Gasteiger charge is -2.12. The van der Waals surface area contributed by atoms with Crippen molar-refractivity contribution in [3.63, 3.8) is 0 Å². The van der Waals surface area contributed by atoms with Gasteiger partial charge in [-0.1, -0.05) is 6.07 Å². The summed E-state index contributed by atoms with van der Waals surface area (Å²) in [6.45, 7) is 0.722. The van der Waals surface area contributed by atoms with E-state index in [0.717, 1.165) is 5.69 Å². The summed E-state index contributed by atoms with van der Waals surface area (Å²) in [5.41, 5.74) is 1.49. The third kappa shape index (κ3) is 4.46. The van der Waals surface area contributed by atoms with Crippen LogP contribution >= 0.6 is 0 Å². The number of rotatable bonds is 7. The van der Waals surface area contributed by atoms with E-state index in [9.17, 15) is 4.79 Å². The third-order valence-electron chi connectivity index (χ3n) is 3.00. The van der Waals surface area contributed by atoms with E-state index < -0.39 is 0 Å². The molecule has 0 atom stereocenters. The van der Waals surface area contributed by atoms with E-state index in [1.807, 2.05) is 18.2 Å². The van der Waals surface area contributed by atoms with E-state index >= 15 is 0 Å². The van der Waals surface area contributed by atoms with Gasteiger partial charge < -0.3 is 20.1 Å². The molecule has 0 aliphatic heterocycles. The van der Waals surface area contributed by atoms with Gasteiger partial charge in [-0.15, -0.1) is 0 Å². The van der Waals surface area contributed by atoms with Gasteiger partial charge in [0.2, 0.25) is 5.91 Å². The molecule has 1 aromatic heterocycles. The lowest BCUT2D eigenvalue weighted by molar-refractivity contribution is -0.115. The second-order valence-corrected chi connectivity index (χ2v) is 4.54. The van der Waals surface area contributed by atoms with Crippen molar-refractivity contribution < 1.29 is 14.3 Å². The number of hydrogen-bond donors (Lipinski definition) is 2. The van der Waals surface area contributed by atoms with Gasteiger partial charge in [0.25, 0.3) is 0 Å². The molecule has 116 valence electrons. The number of nitrogens with zero attached hydrogens (tertiary/aromatic N) is 1. The number of amides is 1. The second kappa shape index (κ2) is 7.99. The summed E-state index contributed by atoms with van der Waals surface area (Å²) >= 11 is 0. The van der Waals surface area contributed by atoms with Gasteiger partial charge in [0.05, 0.1) is 32.1 Å². The quantitative estimate of drug-likeness (QED) is 0.816. The largest absolute Gasteiger partial charge is 0.497 e. The number of anilines is 1. The summed E-state index contributed by atoms with van der Waals surface area (Å²) in [6.07, 6.45) is 1.72. The second-order valence-electron chi connectivity index (χ2n) is 4.54. The summed E-state index contributed by atoms with van der Waals surface area (Å²) < 4.78 is 10.4. The molecule has 0 saturated heterocycles. The van der Waals surface area contributed by atoms with Crippen molar-refractivity contribution in [2.45, 2.75) is 6.54 Å². The predicted octanol–water partition coefficient (Wildman–Crippen LogP) is 1.83. The summed E-state index contributed by atoms with van der Waals surface area (Å²) in [6, 6.07) is 10.9. The lowest BCUT2D eigenvalue weighted by Crippen LogP contribution is -2.28. The molecule has 0 fully saturated rings. The van der Waals surface area contributed by atoms with E-state index in [1.54, 1.807) is 38.6 Å². The molecule has 0 unspecified atom stereocenters. The van der Waals surface area contributed by atoms with Crippen LogP contribution in [0.2, 0.25) is 0 Å². The zero-order valence-electron chi connectivity index (χ0n) is 12.6. The highest BCUT2D eigenvalue weighted by molar-refractivity contribution is 5.93. The molecule has 0 radical (unpaired) electrons. The number of aromatic nitrogens is 1. The first-order valence-corrected chi connectivity index (χ1v) is 6.85. The van der Waals surface area contributed by atoms with Crippen molar-refractivity contribution in [2.75, 3.05) is 26.1 Å². The molecular formula is C16H19N3O3. The molecule has 2 aromatic rings. The molecule has 1 aromatic carbocycles. The fourth-order valence-electron chi connectivity index (χ4n) is 1.90. The van der Waals surface area contributed by atoms with Crippen molar-refractivity contribution >= 4 is 11.6 Å². The molecule has 0 spiro atoms. The Labute approximate surface area is 129 Å². The normalized spacial score (nSPS) is 10.1. The van der Waals surface area contributed by atoms with Gasteiger partial charge in [-0.3, -0.25) is 9.78 Å². The summed E-state index contributed by atoms with van der Waals surface area (Å²) in [4.78, 5) is 16.1. The van der Waals surface area contributed by atoms with E-state index in [4.69, 9.17) is 9.47 Å². The highest BCUT2D eigenvalue weighted by Gasteiger charge is 2.08. The Hall–Kier alpha value is -2.60. The fourth-order valence-corrected chi connectivity index (χ4v) is 1.90. The van der Waals surface area contributed by atoms with Crippen molar-refractivity contribution in [3.8, 4) is 11.5 Å². The summed E-state index contributed by atoms with van der Waals surface area (Å²) in [5, 5.41) is 5.84. The van der Waals surface area contributed by atoms with E-state index in [-0.39, 0.29) is 12.5 Å². The van der Waals surface area contributed by atoms with Crippen LogP contribution < -0.4 is 20.1 Å². The molecule has 2 N–H and O–H groups in total. The smallest absolute Gasteiger partial charge is 0.238 e. The van der Waals surface area contributed by atoms with Crippen molar-refractivity contribution in [2.24, 2.45) is 0 Å². The minimum Gasteiger partial charge on any atom is -0.497 e. The molecule has 0 bridgehead atoms. The molecule has 22 heavy (non-hydrogen) atoms. The molecule has 2 rings (SSSR count). The maximum Gasteiger partial charge on any atom is 0.238 e. The Balaban J connectivity index is 1.86. The summed E-state index contributed by atoms with van der Waals surface area (Å²) in [7, 11) is 3.12. The van der Waals surface area contributed by atoms with Crippen LogP contribution in [0.25, 0.3) is 0 Å². The Kier molecular flexibility index (Phi) is 5.73. The van der Waals surface area contributed by atoms with Crippen LogP contribution in [0.15, 0.2) is 42.6 Å². The van der Waals surface area contributed by atoms with Crippen molar-refractivity contribution in [3.05, 3.63) is 48.3 Å². The van der Waals surface area contributed by atoms with Crippen LogP contribution in [0.5, 0.6) is 11.5 Å². The average Bonchev–Trinajstić information content (AvgIpc) is 2.56. The minimum absolute atomic E-state index is 0.153. The first-order chi connectivity index (χ1) is 10.7. The fraction of sp³-hybridized carbons (Fsp3) is 0.250. The van der Waals surface area contributed by atoms with Gasteiger partial charge in [0.15, 0.2) is 0 Å². The number of hydrogen-bond acceptors (Lipinski definition) is 5. The summed E-state index contributed by atoms with van der Waals surface area (Å²) in [5.74, 6) is 1.07. The monoisotopic (exact) mass is 301 g/mol. The van der Waals surface area contributed by atoms with Crippen LogP contribution in [0, 0.1) is 0 Å². The third-order valence-corrected chi connectivity index (χ3v) is 3.00. The standard InChI is InChI=1S/C16H19N3O3/c1-21-13-6-7-14(15(9-13)22-2)19-16(20)11-17-10-12-5-3-4-8-18-12/h3-9,17H,10-11H2,1-2H3,(H,19,20). The molecule has 6 heteroatoms. The first-order valence-electron chi connectivity index (χ1n) is 6.85. The van der Waals surface area contributed by atoms with Crippen LogP contribution in [-0.2, 0) is 11.3 Å². The van der Waals surface area contributed by atoms with Gasteiger partial charge in [-0.25, -0.2) is 0 Å². The average molecular weight is 301 g/mol. The molecule has 1 amide bonds. The maximum absolute atomic E-state index is 11.9. The molecule has 1 heterocycles. The van der Waals surface area contributed by atoms with E-state index in [0.29, 0.717) is 23.7 Å². The predicted molar refractivity (Wildman–Crippen MR) is 84.1 cm³/mol. The highest BCUT2D eigenvalue weighted by atomic mass is 16.5. The Morgan fingerprint density at radius 3 is 2.73 bits per heavy atom. The topological polar surface area (TPSA) is 72.5 Å². The van der Waals surface area contributed by atoms with Crippen molar-refractivity contribution in [1.82, 2.24) is 10.3 Å². The zero-order chi connectivity index (χ0) is 15.8. The highest BCUT2D eigenvalue weighted by Crippen LogP contribution is 2.28. The van der Waals surface area contributed by atoms with Crippen LogP contribution in [0.1, 0.15) is 5.69 Å². The molecule has 0 aliphatic rings. The van der Waals surface area contributed by atoms with Gasteiger partial charge in [0.1, 0.15) is 11.5 Å².